The van der Waals surface area contributed by atoms with E-state index in [4.69, 9.17) is 4.74 Å². The minimum absolute atomic E-state index is 0.116. The second-order valence-electron chi connectivity index (χ2n) is 6.84. The number of benzene rings is 2. The Morgan fingerprint density at radius 1 is 0.962 bits per heavy atom. The van der Waals surface area contributed by atoms with Crippen LogP contribution in [0.2, 0.25) is 0 Å². The minimum Gasteiger partial charge on any atom is -0.325 e. The highest BCUT2D eigenvalue weighted by molar-refractivity contribution is 7.24. The molecule has 1 aromatic heterocycles. The zero-order chi connectivity index (χ0) is 18.7. The van der Waals surface area contributed by atoms with Crippen molar-refractivity contribution >= 4 is 31.5 Å². The average Bonchev–Trinajstić information content (AvgIpc) is 2.68. The molecule has 0 saturated heterocycles. The van der Waals surface area contributed by atoms with Crippen molar-refractivity contribution in [3.05, 3.63) is 58.3 Å². The van der Waals surface area contributed by atoms with Crippen LogP contribution in [0.5, 0.6) is 0 Å². The van der Waals surface area contributed by atoms with Crippen LogP contribution < -0.4 is 5.43 Å². The number of ether oxygens (including phenoxy) is 1. The van der Waals surface area contributed by atoms with Crippen molar-refractivity contribution in [1.82, 2.24) is 0 Å². The smallest absolute Gasteiger partial charge is 0.195 e. The van der Waals surface area contributed by atoms with Gasteiger partial charge in [0.15, 0.2) is 11.7 Å². The van der Waals surface area contributed by atoms with E-state index < -0.39 is 0 Å². The highest BCUT2D eigenvalue weighted by Crippen LogP contribution is 2.25. The van der Waals surface area contributed by atoms with E-state index in [2.05, 4.69) is 39.8 Å². The molecule has 138 valence electrons. The van der Waals surface area contributed by atoms with Gasteiger partial charge in [0.2, 0.25) is 0 Å². The maximum Gasteiger partial charge on any atom is 0.195 e. The molecule has 4 heteroatoms. The fourth-order valence-corrected chi connectivity index (χ4v) is 4.81. The molecule has 26 heavy (non-hydrogen) atoms. The van der Waals surface area contributed by atoms with Crippen LogP contribution in [0.3, 0.4) is 0 Å². The lowest BCUT2D eigenvalue weighted by atomic mass is 10.1. The zero-order valence-corrected chi connectivity index (χ0v) is 16.9. The first-order chi connectivity index (χ1) is 12.5. The predicted molar refractivity (Wildman–Crippen MR) is 112 cm³/mol. The lowest BCUT2D eigenvalue weighted by Crippen LogP contribution is -2.54. The van der Waals surface area contributed by atoms with Gasteiger partial charge in [0.1, 0.15) is 0 Å². The predicted octanol–water partition coefficient (Wildman–Crippen LogP) is 5.15. The summed E-state index contributed by atoms with van der Waals surface area (Å²) < 4.78 is 9.24. The van der Waals surface area contributed by atoms with E-state index in [9.17, 15) is 4.79 Å². The number of rotatable bonds is 7. The average molecular weight is 371 g/mol. The van der Waals surface area contributed by atoms with Crippen molar-refractivity contribution in [2.45, 2.75) is 40.5 Å². The first-order valence-electron chi connectivity index (χ1n) is 9.46. The van der Waals surface area contributed by atoms with E-state index in [1.165, 1.54) is 0 Å². The van der Waals surface area contributed by atoms with Crippen LogP contribution in [0, 0.1) is 0 Å². The van der Waals surface area contributed by atoms with E-state index in [0.29, 0.717) is 6.61 Å². The second kappa shape index (κ2) is 7.87. The van der Waals surface area contributed by atoms with Gasteiger partial charge in [-0.1, -0.05) is 18.2 Å². The summed E-state index contributed by atoms with van der Waals surface area (Å²) in [7, 11) is 0. The largest absolute Gasteiger partial charge is 0.325 e. The molecule has 1 atom stereocenters. The Kier molecular flexibility index (Phi) is 5.76. The van der Waals surface area contributed by atoms with Gasteiger partial charge >= 0.3 is 0 Å². The van der Waals surface area contributed by atoms with E-state index in [1.807, 2.05) is 30.3 Å². The van der Waals surface area contributed by atoms with Gasteiger partial charge in [0.05, 0.1) is 26.2 Å². The van der Waals surface area contributed by atoms with Gasteiger partial charge in [-0.3, -0.25) is 9.28 Å². The molecule has 0 fully saturated rings. The van der Waals surface area contributed by atoms with E-state index in [1.54, 1.807) is 11.3 Å². The molecule has 1 unspecified atom stereocenters. The second-order valence-corrected chi connectivity index (χ2v) is 7.92. The highest BCUT2D eigenvalue weighted by Gasteiger charge is 2.29. The highest BCUT2D eigenvalue weighted by atomic mass is 32.1. The van der Waals surface area contributed by atoms with Crippen LogP contribution in [0.4, 0.5) is 0 Å². The molecule has 0 aliphatic carbocycles. The van der Waals surface area contributed by atoms with Crippen molar-refractivity contribution in [2.24, 2.45) is 0 Å². The fourth-order valence-electron chi connectivity index (χ4n) is 3.76. The SMILES string of the molecule is CC[N+](CC)(CC)C(C)OCc1ccc2sc3ccccc3c(=O)c2c1. The van der Waals surface area contributed by atoms with Gasteiger partial charge in [0, 0.05) is 27.1 Å². The first kappa shape index (κ1) is 19.0. The van der Waals surface area contributed by atoms with Gasteiger partial charge < -0.3 is 4.74 Å². The molecule has 0 saturated carbocycles. The standard InChI is InChI=1S/C22H28NO2S/c1-5-23(6-2,7-3)16(4)25-15-17-12-13-21-19(14-17)22(24)18-10-8-9-11-20(18)26-21/h8-14,16H,5-7,15H2,1-4H3/q+1. The summed E-state index contributed by atoms with van der Waals surface area (Å²) in [6.07, 6.45) is 0.136. The molecule has 3 rings (SSSR count). The summed E-state index contributed by atoms with van der Waals surface area (Å²) in [6, 6.07) is 14.0. The third kappa shape index (κ3) is 3.41. The van der Waals surface area contributed by atoms with E-state index >= 15 is 0 Å². The number of fused-ring (bicyclic) bond motifs is 2. The minimum atomic E-state index is 0.116. The zero-order valence-electron chi connectivity index (χ0n) is 16.1. The Morgan fingerprint density at radius 3 is 2.31 bits per heavy atom. The molecule has 0 N–H and O–H groups in total. The van der Waals surface area contributed by atoms with Crippen LogP contribution in [-0.4, -0.2) is 30.3 Å². The van der Waals surface area contributed by atoms with Crippen molar-refractivity contribution in [2.75, 3.05) is 19.6 Å². The molecule has 3 nitrogen and oxygen atoms in total. The van der Waals surface area contributed by atoms with Crippen LogP contribution in [0.25, 0.3) is 20.2 Å². The first-order valence-corrected chi connectivity index (χ1v) is 10.3. The maximum atomic E-state index is 12.8. The van der Waals surface area contributed by atoms with Gasteiger partial charge in [-0.05, 0) is 50.6 Å². The molecule has 1 heterocycles. The van der Waals surface area contributed by atoms with Gasteiger partial charge in [0.25, 0.3) is 0 Å². The van der Waals surface area contributed by atoms with Crippen molar-refractivity contribution in [3.8, 4) is 0 Å². The van der Waals surface area contributed by atoms with E-state index in [0.717, 1.165) is 49.9 Å². The Hall–Kier alpha value is -1.75. The summed E-state index contributed by atoms with van der Waals surface area (Å²) in [4.78, 5) is 12.8. The summed E-state index contributed by atoms with van der Waals surface area (Å²) in [5, 5.41) is 1.60. The van der Waals surface area contributed by atoms with Crippen molar-refractivity contribution in [3.63, 3.8) is 0 Å². The summed E-state index contributed by atoms with van der Waals surface area (Å²) >= 11 is 1.67. The molecular weight excluding hydrogens is 342 g/mol. The Bertz CT molecular complexity index is 951. The fraction of sp³-hybridized carbons (Fsp3) is 0.409. The van der Waals surface area contributed by atoms with Crippen molar-refractivity contribution in [1.29, 1.82) is 0 Å². The lowest BCUT2D eigenvalue weighted by Gasteiger charge is -2.40. The normalized spacial score (nSPS) is 13.4. The number of quaternary nitrogens is 1. The van der Waals surface area contributed by atoms with Crippen LogP contribution in [0.15, 0.2) is 47.3 Å². The molecule has 0 amide bonds. The molecular formula is C22H28NO2S+. The molecule has 0 radical (unpaired) electrons. The Morgan fingerprint density at radius 2 is 1.62 bits per heavy atom. The van der Waals surface area contributed by atoms with Gasteiger partial charge in [-0.15, -0.1) is 11.3 Å². The van der Waals surface area contributed by atoms with Crippen molar-refractivity contribution < 1.29 is 9.22 Å². The number of nitrogens with zero attached hydrogens (tertiary/aromatic N) is 1. The monoisotopic (exact) mass is 370 g/mol. The van der Waals surface area contributed by atoms with Gasteiger partial charge in [-0.2, -0.15) is 0 Å². The Labute approximate surface area is 159 Å². The molecule has 0 spiro atoms. The number of hydrogen-bond donors (Lipinski definition) is 0. The maximum absolute atomic E-state index is 12.8. The topological polar surface area (TPSA) is 26.3 Å². The summed E-state index contributed by atoms with van der Waals surface area (Å²) in [6.45, 7) is 12.5. The van der Waals surface area contributed by atoms with Gasteiger partial charge in [-0.25, -0.2) is 0 Å². The molecule has 0 aliphatic heterocycles. The Balaban J connectivity index is 1.89. The molecule has 3 aromatic rings. The summed E-state index contributed by atoms with van der Waals surface area (Å²) in [5.41, 5.74) is 1.18. The van der Waals surface area contributed by atoms with Crippen LogP contribution >= 0.6 is 11.3 Å². The third-order valence-corrected chi connectivity index (χ3v) is 6.94. The quantitative estimate of drug-likeness (QED) is 0.326. The number of hydrogen-bond acceptors (Lipinski definition) is 3. The summed E-state index contributed by atoms with van der Waals surface area (Å²) in [5.74, 6) is 0. The molecule has 0 bridgehead atoms. The molecule has 0 aliphatic rings. The lowest BCUT2D eigenvalue weighted by molar-refractivity contribution is -0.966. The van der Waals surface area contributed by atoms with Crippen LogP contribution in [0.1, 0.15) is 33.3 Å². The molecule has 2 aromatic carbocycles. The third-order valence-electron chi connectivity index (χ3n) is 5.79. The van der Waals surface area contributed by atoms with Crippen LogP contribution in [-0.2, 0) is 11.3 Å². The van der Waals surface area contributed by atoms with E-state index in [-0.39, 0.29) is 11.7 Å².